The smallest absolute Gasteiger partial charge is 0.232 e. The molecule has 1 aromatic heterocycles. The number of alkyl halides is 2. The van der Waals surface area contributed by atoms with Crippen molar-refractivity contribution in [2.75, 3.05) is 0 Å². The van der Waals surface area contributed by atoms with E-state index < -0.39 is 5.92 Å². The number of hydrogen-bond donors (Lipinski definition) is 0. The Labute approximate surface area is 85.3 Å². The number of rotatable bonds is 0. The fraction of sp³-hybridized carbons (Fsp3) is 0.556. The van der Waals surface area contributed by atoms with Gasteiger partial charge in [0.05, 0.1) is 0 Å². The minimum atomic E-state index is -2.84. The lowest BCUT2D eigenvalue weighted by molar-refractivity contribution is -0.0266. The second-order valence-corrected chi connectivity index (χ2v) is 3.80. The highest BCUT2D eigenvalue weighted by Gasteiger charge is 2.39. The Hall–Kier alpha value is -0.770. The number of hydrogen-bond acceptors (Lipinski definition) is 2. The molecule has 0 spiro atoms. The molecule has 0 radical (unpaired) electrons. The molecule has 0 saturated carbocycles. The summed E-state index contributed by atoms with van der Waals surface area (Å²) in [7, 11) is 0. The molecule has 1 aliphatic carbocycles. The van der Waals surface area contributed by atoms with Gasteiger partial charge in [-0.2, -0.15) is 8.78 Å². The van der Waals surface area contributed by atoms with Gasteiger partial charge in [0, 0.05) is 12.0 Å². The molecular formula is C9H9ClF2N2. The highest BCUT2D eigenvalue weighted by Crippen LogP contribution is 2.40. The minimum absolute atomic E-state index is 0.146. The van der Waals surface area contributed by atoms with E-state index in [0.717, 1.165) is 0 Å². The largest absolute Gasteiger partial charge is 0.290 e. The summed E-state index contributed by atoms with van der Waals surface area (Å²) < 4.78 is 26.8. The van der Waals surface area contributed by atoms with Crippen molar-refractivity contribution in [1.29, 1.82) is 0 Å². The van der Waals surface area contributed by atoms with E-state index in [1.807, 2.05) is 0 Å². The monoisotopic (exact) mass is 218 g/mol. The molecule has 0 aliphatic heterocycles. The Morgan fingerprint density at radius 2 is 2.07 bits per heavy atom. The maximum Gasteiger partial charge on any atom is 0.290 e. The first-order valence-electron chi connectivity index (χ1n) is 4.42. The van der Waals surface area contributed by atoms with Gasteiger partial charge in [-0.15, -0.1) is 0 Å². The van der Waals surface area contributed by atoms with Crippen molar-refractivity contribution in [3.05, 3.63) is 22.2 Å². The van der Waals surface area contributed by atoms with Crippen molar-refractivity contribution in [2.45, 2.75) is 32.1 Å². The molecule has 1 aliphatic rings. The van der Waals surface area contributed by atoms with Crippen LogP contribution in [-0.4, -0.2) is 9.97 Å². The predicted octanol–water partition coefficient (Wildman–Crippen LogP) is 2.87. The van der Waals surface area contributed by atoms with Crippen LogP contribution in [0.25, 0.3) is 0 Å². The van der Waals surface area contributed by atoms with E-state index in [4.69, 9.17) is 11.6 Å². The number of fused-ring (bicyclic) bond motifs is 1. The maximum atomic E-state index is 13.4. The van der Waals surface area contributed by atoms with E-state index in [2.05, 4.69) is 9.97 Å². The summed E-state index contributed by atoms with van der Waals surface area (Å²) >= 11 is 5.79. The molecule has 14 heavy (non-hydrogen) atoms. The average molecular weight is 219 g/mol. The Bertz CT molecular complexity index is 379. The molecule has 0 aromatic carbocycles. The first kappa shape index (κ1) is 9.77. The third-order valence-corrected chi connectivity index (χ3v) is 2.65. The second-order valence-electron chi connectivity index (χ2n) is 3.45. The fourth-order valence-electron chi connectivity index (χ4n) is 1.69. The molecule has 1 aromatic rings. The van der Waals surface area contributed by atoms with Crippen LogP contribution in [0.5, 0.6) is 0 Å². The summed E-state index contributed by atoms with van der Waals surface area (Å²) in [4.78, 5) is 7.66. The van der Waals surface area contributed by atoms with E-state index in [1.54, 1.807) is 6.92 Å². The third-order valence-electron chi connectivity index (χ3n) is 2.33. The lowest BCUT2D eigenvalue weighted by atomic mass is 9.94. The fourth-order valence-corrected chi connectivity index (χ4v) is 2.00. The third kappa shape index (κ3) is 1.47. The molecule has 0 atom stereocenters. The molecule has 1 heterocycles. The molecule has 0 N–H and O–H groups in total. The first-order valence-corrected chi connectivity index (χ1v) is 4.80. The van der Waals surface area contributed by atoms with Gasteiger partial charge in [-0.3, -0.25) is 0 Å². The summed E-state index contributed by atoms with van der Waals surface area (Å²) in [6.45, 7) is 1.57. The Morgan fingerprint density at radius 1 is 1.36 bits per heavy atom. The Balaban J connectivity index is 2.63. The normalized spacial score (nSPS) is 19.1. The highest BCUT2D eigenvalue weighted by atomic mass is 35.5. The number of halogens is 3. The first-order chi connectivity index (χ1) is 6.50. The van der Waals surface area contributed by atoms with Crippen molar-refractivity contribution in [2.24, 2.45) is 0 Å². The van der Waals surface area contributed by atoms with Crippen LogP contribution in [0.3, 0.4) is 0 Å². The molecule has 76 valence electrons. The number of aryl methyl sites for hydroxylation is 1. The molecule has 0 bridgehead atoms. The molecule has 0 amide bonds. The van der Waals surface area contributed by atoms with Crippen LogP contribution < -0.4 is 0 Å². The van der Waals surface area contributed by atoms with Crippen LogP contribution >= 0.6 is 11.6 Å². The zero-order chi connectivity index (χ0) is 10.3. The van der Waals surface area contributed by atoms with Gasteiger partial charge in [-0.1, -0.05) is 11.6 Å². The van der Waals surface area contributed by atoms with Gasteiger partial charge in [-0.05, 0) is 19.8 Å². The van der Waals surface area contributed by atoms with E-state index in [1.165, 1.54) is 0 Å². The Kier molecular flexibility index (Phi) is 2.18. The van der Waals surface area contributed by atoms with E-state index in [-0.39, 0.29) is 17.3 Å². The average Bonchev–Trinajstić information content (AvgIpc) is 2.06. The van der Waals surface area contributed by atoms with Gasteiger partial charge in [0.15, 0.2) is 0 Å². The van der Waals surface area contributed by atoms with Gasteiger partial charge in [-0.25, -0.2) is 9.97 Å². The van der Waals surface area contributed by atoms with Crippen molar-refractivity contribution >= 4 is 11.6 Å². The lowest BCUT2D eigenvalue weighted by Gasteiger charge is -2.24. The zero-order valence-corrected chi connectivity index (χ0v) is 8.41. The molecule has 0 unspecified atom stereocenters. The molecule has 5 heteroatoms. The van der Waals surface area contributed by atoms with Crippen LogP contribution in [0, 0.1) is 6.92 Å². The summed E-state index contributed by atoms with van der Waals surface area (Å²) in [5.41, 5.74) is 0.231. The summed E-state index contributed by atoms with van der Waals surface area (Å²) in [6.07, 6.45) is 0.836. The summed E-state index contributed by atoms with van der Waals surface area (Å²) in [5.74, 6) is -2.54. The summed E-state index contributed by atoms with van der Waals surface area (Å²) in [6, 6.07) is 0. The van der Waals surface area contributed by atoms with Crippen LogP contribution in [0.2, 0.25) is 5.15 Å². The van der Waals surface area contributed by atoms with Gasteiger partial charge in [0.2, 0.25) is 0 Å². The van der Waals surface area contributed by atoms with Crippen molar-refractivity contribution < 1.29 is 8.78 Å². The predicted molar refractivity (Wildman–Crippen MR) is 48.6 cm³/mol. The van der Waals surface area contributed by atoms with Crippen molar-refractivity contribution in [1.82, 2.24) is 9.97 Å². The SMILES string of the molecule is Cc1nc(Cl)c2c(n1)C(F)(F)CCC2. The quantitative estimate of drug-likeness (QED) is 0.626. The van der Waals surface area contributed by atoms with Gasteiger partial charge < -0.3 is 0 Å². The number of nitrogens with zero attached hydrogens (tertiary/aromatic N) is 2. The van der Waals surface area contributed by atoms with Crippen molar-refractivity contribution in [3.8, 4) is 0 Å². The molecule has 0 fully saturated rings. The molecule has 2 rings (SSSR count). The van der Waals surface area contributed by atoms with Crippen LogP contribution in [0.1, 0.15) is 29.9 Å². The van der Waals surface area contributed by atoms with Gasteiger partial charge >= 0.3 is 0 Å². The standard InChI is InChI=1S/C9H9ClF2N2/c1-5-13-7-6(8(10)14-5)3-2-4-9(7,11)12/h2-4H2,1H3. The topological polar surface area (TPSA) is 25.8 Å². The van der Waals surface area contributed by atoms with Crippen LogP contribution in [0.4, 0.5) is 8.78 Å². The molecule has 0 saturated heterocycles. The lowest BCUT2D eigenvalue weighted by Crippen LogP contribution is -2.24. The number of aromatic nitrogens is 2. The van der Waals surface area contributed by atoms with Crippen LogP contribution in [-0.2, 0) is 12.3 Å². The van der Waals surface area contributed by atoms with Crippen LogP contribution in [0.15, 0.2) is 0 Å². The maximum absolute atomic E-state index is 13.4. The zero-order valence-electron chi connectivity index (χ0n) is 7.65. The highest BCUT2D eigenvalue weighted by molar-refractivity contribution is 6.30. The Morgan fingerprint density at radius 3 is 2.79 bits per heavy atom. The molecular weight excluding hydrogens is 210 g/mol. The second kappa shape index (κ2) is 3.12. The van der Waals surface area contributed by atoms with Gasteiger partial charge in [0.1, 0.15) is 16.7 Å². The summed E-state index contributed by atoms with van der Waals surface area (Å²) in [5, 5.41) is 0.173. The van der Waals surface area contributed by atoms with Crippen molar-refractivity contribution in [3.63, 3.8) is 0 Å². The van der Waals surface area contributed by atoms with Gasteiger partial charge in [0.25, 0.3) is 5.92 Å². The minimum Gasteiger partial charge on any atom is -0.232 e. The van der Waals surface area contributed by atoms with E-state index >= 15 is 0 Å². The van der Waals surface area contributed by atoms with E-state index in [0.29, 0.717) is 24.2 Å². The molecule has 2 nitrogen and oxygen atoms in total. The van der Waals surface area contributed by atoms with E-state index in [9.17, 15) is 8.78 Å².